The normalized spacial score (nSPS) is 21.2. The summed E-state index contributed by atoms with van der Waals surface area (Å²) in [6.45, 7) is 4.73. The lowest BCUT2D eigenvalue weighted by Gasteiger charge is -2.37. The second-order valence-electron chi connectivity index (χ2n) is 6.26. The lowest BCUT2D eigenvalue weighted by molar-refractivity contribution is -0.00549. The van der Waals surface area contributed by atoms with Crippen molar-refractivity contribution in [3.8, 4) is 10.7 Å². The van der Waals surface area contributed by atoms with Crippen molar-refractivity contribution in [1.82, 2.24) is 10.1 Å². The maximum atomic E-state index is 15.3. The summed E-state index contributed by atoms with van der Waals surface area (Å²) < 4.78 is 26.3. The maximum absolute atomic E-state index is 15.3. The van der Waals surface area contributed by atoms with Crippen molar-refractivity contribution in [2.75, 3.05) is 18.0 Å². The third kappa shape index (κ3) is 2.80. The summed E-state index contributed by atoms with van der Waals surface area (Å²) in [6, 6.07) is 1.74. The van der Waals surface area contributed by atoms with Crippen LogP contribution in [0.5, 0.6) is 0 Å². The Bertz CT molecular complexity index is 886. The van der Waals surface area contributed by atoms with Crippen molar-refractivity contribution in [3.63, 3.8) is 0 Å². The minimum Gasteiger partial charge on any atom is -0.392 e. The summed E-state index contributed by atoms with van der Waals surface area (Å²) in [6.07, 6.45) is 1.62. The number of halogens is 1. The van der Waals surface area contributed by atoms with Crippen LogP contribution in [-0.2, 0) is 11.3 Å². The zero-order chi connectivity index (χ0) is 17.6. The quantitative estimate of drug-likeness (QED) is 0.771. The molecule has 2 atom stereocenters. The van der Waals surface area contributed by atoms with Crippen molar-refractivity contribution in [2.45, 2.75) is 32.7 Å². The Morgan fingerprint density at radius 3 is 2.76 bits per heavy atom. The first-order valence-electron chi connectivity index (χ1n) is 8.10. The molecule has 25 heavy (non-hydrogen) atoms. The first-order valence-corrected chi connectivity index (χ1v) is 8.98. The van der Waals surface area contributed by atoms with Gasteiger partial charge in [0, 0.05) is 30.2 Å². The Kier molecular flexibility index (Phi) is 4.18. The molecule has 8 heteroatoms. The van der Waals surface area contributed by atoms with Crippen molar-refractivity contribution in [3.05, 3.63) is 29.0 Å². The van der Waals surface area contributed by atoms with Crippen molar-refractivity contribution in [1.29, 1.82) is 0 Å². The van der Waals surface area contributed by atoms with Crippen LogP contribution in [0.4, 0.5) is 10.1 Å². The largest absolute Gasteiger partial charge is 0.392 e. The van der Waals surface area contributed by atoms with E-state index in [0.717, 1.165) is 0 Å². The molecular formula is C17H18FN3O3S. The van der Waals surface area contributed by atoms with Crippen molar-refractivity contribution in [2.24, 2.45) is 0 Å². The van der Waals surface area contributed by atoms with E-state index in [1.54, 1.807) is 12.3 Å². The van der Waals surface area contributed by atoms with Gasteiger partial charge in [0.25, 0.3) is 0 Å². The molecule has 6 nitrogen and oxygen atoms in total. The fourth-order valence-electron chi connectivity index (χ4n) is 3.40. The van der Waals surface area contributed by atoms with Gasteiger partial charge in [0.1, 0.15) is 10.7 Å². The fourth-order valence-corrected chi connectivity index (χ4v) is 4.03. The van der Waals surface area contributed by atoms with Gasteiger partial charge in [-0.2, -0.15) is 0 Å². The number of rotatable bonds is 3. The van der Waals surface area contributed by atoms with Gasteiger partial charge in [-0.25, -0.2) is 9.37 Å². The summed E-state index contributed by atoms with van der Waals surface area (Å²) in [5.74, 6) is -0.502. The molecule has 132 valence electrons. The third-order valence-corrected chi connectivity index (χ3v) is 5.08. The number of hydrogen-bond acceptors (Lipinski definition) is 7. The van der Waals surface area contributed by atoms with Crippen LogP contribution < -0.4 is 4.90 Å². The standard InChI is InChI=1S/C17H18FN3O3S/c1-9-6-21(7-10(2)23-9)15-11(8-22)5-12-14(17-19-3-4-25-17)20-24-16(12)13(15)18/h3-5,9-10,22H,6-8H2,1-2H3/t9-,10-/m1/s1. The number of hydrogen-bond donors (Lipinski definition) is 1. The summed E-state index contributed by atoms with van der Waals surface area (Å²) in [5.41, 5.74) is 1.45. The van der Waals surface area contributed by atoms with Gasteiger partial charge in [0.05, 0.1) is 29.9 Å². The molecule has 2 aromatic heterocycles. The molecule has 1 aromatic carbocycles. The molecule has 0 unspecified atom stereocenters. The minimum absolute atomic E-state index is 0.0222. The van der Waals surface area contributed by atoms with E-state index in [1.165, 1.54) is 11.3 Å². The SMILES string of the molecule is C[C@@H]1CN(c2c(CO)cc3c(-c4nccs4)noc3c2F)C[C@@H](C)O1. The molecule has 0 bridgehead atoms. The van der Waals surface area contributed by atoms with Gasteiger partial charge in [-0.15, -0.1) is 11.3 Å². The van der Waals surface area contributed by atoms with E-state index in [-0.39, 0.29) is 24.4 Å². The fraction of sp³-hybridized carbons (Fsp3) is 0.412. The van der Waals surface area contributed by atoms with Crippen LogP contribution in [0, 0.1) is 5.82 Å². The smallest absolute Gasteiger partial charge is 0.205 e. The Labute approximate surface area is 147 Å². The highest BCUT2D eigenvalue weighted by molar-refractivity contribution is 7.13. The Morgan fingerprint density at radius 2 is 2.12 bits per heavy atom. The molecule has 0 saturated carbocycles. The lowest BCUT2D eigenvalue weighted by atomic mass is 10.1. The summed E-state index contributed by atoms with van der Waals surface area (Å²) in [7, 11) is 0. The molecule has 4 rings (SSSR count). The van der Waals surface area contributed by atoms with Gasteiger partial charge in [0.15, 0.2) is 5.82 Å². The number of anilines is 1. The second kappa shape index (κ2) is 6.36. The summed E-state index contributed by atoms with van der Waals surface area (Å²) in [5, 5.41) is 16.8. The molecule has 1 N–H and O–H groups in total. The topological polar surface area (TPSA) is 71.6 Å². The molecule has 1 aliphatic rings. The Hall–Kier alpha value is -2.03. The number of thiazole rings is 1. The van der Waals surface area contributed by atoms with E-state index in [9.17, 15) is 5.11 Å². The van der Waals surface area contributed by atoms with Crippen LogP contribution in [0.2, 0.25) is 0 Å². The highest BCUT2D eigenvalue weighted by atomic mass is 32.1. The number of aliphatic hydroxyl groups is 1. The zero-order valence-corrected chi connectivity index (χ0v) is 14.7. The molecule has 1 fully saturated rings. The first kappa shape index (κ1) is 16.4. The van der Waals surface area contributed by atoms with Crippen LogP contribution in [0.1, 0.15) is 19.4 Å². The van der Waals surface area contributed by atoms with Gasteiger partial charge in [-0.05, 0) is 19.9 Å². The van der Waals surface area contributed by atoms with Gasteiger partial charge in [-0.3, -0.25) is 0 Å². The maximum Gasteiger partial charge on any atom is 0.205 e. The first-order chi connectivity index (χ1) is 12.1. The van der Waals surface area contributed by atoms with E-state index in [0.29, 0.717) is 40.4 Å². The molecule has 3 aromatic rings. The number of ether oxygens (including phenoxy) is 1. The second-order valence-corrected chi connectivity index (χ2v) is 7.16. The Morgan fingerprint density at radius 1 is 1.36 bits per heavy atom. The molecule has 0 spiro atoms. The van der Waals surface area contributed by atoms with Crippen LogP contribution in [-0.4, -0.2) is 40.5 Å². The zero-order valence-electron chi connectivity index (χ0n) is 13.9. The van der Waals surface area contributed by atoms with Crippen molar-refractivity contribution >= 4 is 28.0 Å². The van der Waals surface area contributed by atoms with Crippen LogP contribution in [0.25, 0.3) is 21.7 Å². The average Bonchev–Trinajstić information content (AvgIpc) is 3.22. The molecule has 0 amide bonds. The third-order valence-electron chi connectivity index (χ3n) is 4.30. The van der Waals surface area contributed by atoms with Gasteiger partial charge >= 0.3 is 0 Å². The number of morpholine rings is 1. The predicted octanol–water partition coefficient (Wildman–Crippen LogP) is 3.20. The van der Waals surface area contributed by atoms with Gasteiger partial charge < -0.3 is 19.3 Å². The number of nitrogens with zero attached hydrogens (tertiary/aromatic N) is 3. The molecule has 0 radical (unpaired) electrons. The molecule has 1 aliphatic heterocycles. The monoisotopic (exact) mass is 363 g/mol. The summed E-state index contributed by atoms with van der Waals surface area (Å²) in [4.78, 5) is 6.12. The molecule has 3 heterocycles. The number of fused-ring (bicyclic) bond motifs is 1. The average molecular weight is 363 g/mol. The molecule has 0 aliphatic carbocycles. The van der Waals surface area contributed by atoms with E-state index >= 15 is 4.39 Å². The van der Waals surface area contributed by atoms with Crippen LogP contribution in [0.3, 0.4) is 0 Å². The van der Waals surface area contributed by atoms with Crippen LogP contribution in [0.15, 0.2) is 22.2 Å². The summed E-state index contributed by atoms with van der Waals surface area (Å²) >= 11 is 1.40. The van der Waals surface area contributed by atoms with E-state index < -0.39 is 5.82 Å². The number of benzene rings is 1. The van der Waals surface area contributed by atoms with Crippen molar-refractivity contribution < 1.29 is 18.8 Å². The number of aromatic nitrogens is 2. The predicted molar refractivity (Wildman–Crippen MR) is 93.2 cm³/mol. The lowest BCUT2D eigenvalue weighted by Crippen LogP contribution is -2.46. The van der Waals surface area contributed by atoms with E-state index in [2.05, 4.69) is 10.1 Å². The Balaban J connectivity index is 1.87. The minimum atomic E-state index is -0.502. The van der Waals surface area contributed by atoms with Crippen LogP contribution >= 0.6 is 11.3 Å². The van der Waals surface area contributed by atoms with E-state index in [4.69, 9.17) is 9.26 Å². The molecule has 1 saturated heterocycles. The highest BCUT2D eigenvalue weighted by Gasteiger charge is 2.29. The van der Waals surface area contributed by atoms with Gasteiger partial charge in [-0.1, -0.05) is 5.16 Å². The highest BCUT2D eigenvalue weighted by Crippen LogP contribution is 2.38. The van der Waals surface area contributed by atoms with Gasteiger partial charge in [0.2, 0.25) is 5.58 Å². The molecular weight excluding hydrogens is 345 g/mol. The van der Waals surface area contributed by atoms with E-state index in [1.807, 2.05) is 24.1 Å². The number of aliphatic hydroxyl groups excluding tert-OH is 1.